The SMILES string of the molecule is CCc1cc(C)cc(C)c1C(=Nc1c(C(C)C)cccc1C(C)C)N1CCCN(C(=Nc2c(C)cc(C)cc2Cl)c2cc(C(F)(F)F)cc(C(F)(F)F)c2)C1. The van der Waals surface area contributed by atoms with E-state index in [-0.39, 0.29) is 46.7 Å². The van der Waals surface area contributed by atoms with Gasteiger partial charge in [0.1, 0.15) is 11.7 Å². The Hall–Kier alpha value is -4.31. The number of hydrogen-bond acceptors (Lipinski definition) is 2. The molecule has 1 saturated heterocycles. The molecule has 0 bridgehead atoms. The first-order valence-corrected chi connectivity index (χ1v) is 19.0. The number of amidine groups is 2. The molecule has 1 heterocycles. The van der Waals surface area contributed by atoms with Crippen molar-refractivity contribution >= 4 is 34.6 Å². The quantitative estimate of drug-likeness (QED) is 0.106. The first kappa shape index (κ1) is 41.8. The van der Waals surface area contributed by atoms with Gasteiger partial charge in [-0.25, -0.2) is 9.98 Å². The number of halogens is 7. The van der Waals surface area contributed by atoms with E-state index in [1.165, 1.54) is 0 Å². The topological polar surface area (TPSA) is 31.2 Å². The van der Waals surface area contributed by atoms with Gasteiger partial charge in [0.2, 0.25) is 0 Å². The molecule has 0 amide bonds. The molecule has 0 aromatic heterocycles. The van der Waals surface area contributed by atoms with Crippen molar-refractivity contribution in [2.75, 3.05) is 19.8 Å². The van der Waals surface area contributed by atoms with Gasteiger partial charge in [-0.2, -0.15) is 26.3 Å². The maximum absolute atomic E-state index is 14.3. The molecular formula is C44H49ClF6N4. The fourth-order valence-electron chi connectivity index (χ4n) is 7.39. The van der Waals surface area contributed by atoms with Crippen LogP contribution in [0.2, 0.25) is 5.02 Å². The summed E-state index contributed by atoms with van der Waals surface area (Å²) in [5, 5.41) is 0.239. The van der Waals surface area contributed by atoms with Crippen molar-refractivity contribution in [1.29, 1.82) is 0 Å². The summed E-state index contributed by atoms with van der Waals surface area (Å²) >= 11 is 6.69. The number of aryl methyl sites for hydroxylation is 5. The second-order valence-electron chi connectivity index (χ2n) is 15.2. The second-order valence-corrected chi connectivity index (χ2v) is 15.6. The normalized spacial score (nSPS) is 14.8. The molecule has 4 nitrogen and oxygen atoms in total. The Morgan fingerprint density at radius 3 is 1.71 bits per heavy atom. The lowest BCUT2D eigenvalue weighted by atomic mass is 9.92. The summed E-state index contributed by atoms with van der Waals surface area (Å²) < 4.78 is 85.5. The molecule has 55 heavy (non-hydrogen) atoms. The van der Waals surface area contributed by atoms with Gasteiger partial charge in [-0.1, -0.05) is 88.2 Å². The molecule has 294 valence electrons. The van der Waals surface area contributed by atoms with Gasteiger partial charge in [0.05, 0.1) is 34.2 Å². The van der Waals surface area contributed by atoms with Crippen molar-refractivity contribution < 1.29 is 26.3 Å². The maximum atomic E-state index is 14.3. The van der Waals surface area contributed by atoms with E-state index in [2.05, 4.69) is 63.8 Å². The molecule has 0 aliphatic carbocycles. The van der Waals surface area contributed by atoms with E-state index in [1.54, 1.807) is 17.9 Å². The van der Waals surface area contributed by atoms with Crippen LogP contribution in [0, 0.1) is 27.7 Å². The zero-order chi connectivity index (χ0) is 40.6. The van der Waals surface area contributed by atoms with E-state index in [0.717, 1.165) is 63.2 Å². The predicted octanol–water partition coefficient (Wildman–Crippen LogP) is 13.2. The number of benzene rings is 4. The molecule has 1 aliphatic heterocycles. The summed E-state index contributed by atoms with van der Waals surface area (Å²) in [5.74, 6) is 0.965. The van der Waals surface area contributed by atoms with Crippen LogP contribution in [0.25, 0.3) is 0 Å². The second kappa shape index (κ2) is 16.4. The van der Waals surface area contributed by atoms with Crippen LogP contribution in [0.5, 0.6) is 0 Å². The first-order chi connectivity index (χ1) is 25.7. The van der Waals surface area contributed by atoms with Crippen LogP contribution in [-0.4, -0.2) is 41.2 Å². The molecular weight excluding hydrogens is 734 g/mol. The fourth-order valence-corrected chi connectivity index (χ4v) is 7.75. The van der Waals surface area contributed by atoms with Gasteiger partial charge in [0.25, 0.3) is 0 Å². The summed E-state index contributed by atoms with van der Waals surface area (Å²) in [6.07, 6.45) is -8.83. The molecule has 4 aromatic rings. The fraction of sp³-hybridized carbons (Fsp3) is 0.409. The number of hydrogen-bond donors (Lipinski definition) is 0. The average Bonchev–Trinajstić information content (AvgIpc) is 3.09. The molecule has 0 atom stereocenters. The Bertz CT molecular complexity index is 2030. The molecule has 1 aliphatic rings. The largest absolute Gasteiger partial charge is 0.416 e. The van der Waals surface area contributed by atoms with Gasteiger partial charge in [-0.3, -0.25) is 0 Å². The summed E-state index contributed by atoms with van der Waals surface area (Å²) in [6.45, 7) is 19.2. The summed E-state index contributed by atoms with van der Waals surface area (Å²) in [6, 6.07) is 15.6. The van der Waals surface area contributed by atoms with Crippen molar-refractivity contribution in [2.24, 2.45) is 9.98 Å². The van der Waals surface area contributed by atoms with Crippen molar-refractivity contribution in [3.8, 4) is 0 Å². The van der Waals surface area contributed by atoms with Crippen LogP contribution < -0.4 is 0 Å². The summed E-state index contributed by atoms with van der Waals surface area (Å²) in [7, 11) is 0. The first-order valence-electron chi connectivity index (χ1n) is 18.7. The van der Waals surface area contributed by atoms with Gasteiger partial charge < -0.3 is 9.80 Å². The van der Waals surface area contributed by atoms with E-state index in [9.17, 15) is 26.3 Å². The minimum absolute atomic E-state index is 0.0451. The van der Waals surface area contributed by atoms with Crippen LogP contribution in [0.3, 0.4) is 0 Å². The lowest BCUT2D eigenvalue weighted by Crippen LogP contribution is -2.50. The molecule has 5 rings (SSSR count). The molecule has 0 radical (unpaired) electrons. The summed E-state index contributed by atoms with van der Waals surface area (Å²) in [5.41, 5.74) is 5.80. The Kier molecular flexibility index (Phi) is 12.5. The predicted molar refractivity (Wildman–Crippen MR) is 213 cm³/mol. The summed E-state index contributed by atoms with van der Waals surface area (Å²) in [4.78, 5) is 14.2. The highest BCUT2D eigenvalue weighted by Crippen LogP contribution is 2.40. The Balaban J connectivity index is 1.79. The highest BCUT2D eigenvalue weighted by molar-refractivity contribution is 6.33. The minimum atomic E-state index is -5.04. The molecule has 0 unspecified atom stereocenters. The molecule has 0 spiro atoms. The monoisotopic (exact) mass is 782 g/mol. The van der Waals surface area contributed by atoms with E-state index in [4.69, 9.17) is 21.6 Å². The van der Waals surface area contributed by atoms with Gasteiger partial charge in [0.15, 0.2) is 0 Å². The molecule has 0 N–H and O–H groups in total. The number of para-hydroxylation sites is 1. The lowest BCUT2D eigenvalue weighted by Gasteiger charge is -2.40. The number of nitrogens with zero attached hydrogens (tertiary/aromatic N) is 4. The smallest absolute Gasteiger partial charge is 0.338 e. The van der Waals surface area contributed by atoms with E-state index in [1.807, 2.05) is 32.9 Å². The standard InChI is InChI=1S/C44H49ClF6N4/c1-10-31-19-27(6)17-29(8)38(31)42(53-40-35(25(2)3)13-11-14-36(40)26(4)5)55-16-12-15-54(24-55)41(52-39-30(9)18-28(7)20-37(39)45)32-21-33(43(46,47)48)23-34(22-32)44(49,50)51/h11,13-14,17-23,25-26H,10,12,15-16,24H2,1-9H3. The van der Waals surface area contributed by atoms with Crippen molar-refractivity contribution in [1.82, 2.24) is 9.80 Å². The maximum Gasteiger partial charge on any atom is 0.416 e. The van der Waals surface area contributed by atoms with Crippen LogP contribution in [0.4, 0.5) is 37.7 Å². The molecule has 1 fully saturated rings. The third-order valence-electron chi connectivity index (χ3n) is 9.98. The van der Waals surface area contributed by atoms with Crippen molar-refractivity contribution in [3.63, 3.8) is 0 Å². The zero-order valence-corrected chi connectivity index (χ0v) is 33.7. The molecule has 0 saturated carbocycles. The van der Waals surface area contributed by atoms with E-state index in [0.29, 0.717) is 30.9 Å². The number of aliphatic imine (C=N–C) groups is 2. The third kappa shape index (κ3) is 9.39. The van der Waals surface area contributed by atoms with Crippen molar-refractivity contribution in [3.05, 3.63) is 127 Å². The Morgan fingerprint density at radius 2 is 1.20 bits per heavy atom. The third-order valence-corrected chi connectivity index (χ3v) is 10.3. The number of rotatable bonds is 7. The highest BCUT2D eigenvalue weighted by Gasteiger charge is 2.38. The van der Waals surface area contributed by atoms with Gasteiger partial charge in [-0.05, 0) is 110 Å². The van der Waals surface area contributed by atoms with Crippen LogP contribution in [-0.2, 0) is 18.8 Å². The van der Waals surface area contributed by atoms with Gasteiger partial charge >= 0.3 is 12.4 Å². The van der Waals surface area contributed by atoms with Crippen LogP contribution in [0.15, 0.2) is 70.6 Å². The minimum Gasteiger partial charge on any atom is -0.338 e. The number of alkyl halides is 6. The van der Waals surface area contributed by atoms with Crippen LogP contribution >= 0.6 is 11.6 Å². The Labute approximate surface area is 326 Å². The molecule has 4 aromatic carbocycles. The average molecular weight is 783 g/mol. The van der Waals surface area contributed by atoms with E-state index >= 15 is 0 Å². The zero-order valence-electron chi connectivity index (χ0n) is 32.9. The molecule has 11 heteroatoms. The van der Waals surface area contributed by atoms with Crippen molar-refractivity contribution in [2.45, 2.75) is 99.3 Å². The Morgan fingerprint density at radius 1 is 0.691 bits per heavy atom. The van der Waals surface area contributed by atoms with Gasteiger partial charge in [0, 0.05) is 24.2 Å². The van der Waals surface area contributed by atoms with E-state index < -0.39 is 23.5 Å². The van der Waals surface area contributed by atoms with Crippen LogP contribution in [0.1, 0.15) is 114 Å². The lowest BCUT2D eigenvalue weighted by molar-refractivity contribution is -0.143. The van der Waals surface area contributed by atoms with Gasteiger partial charge in [-0.15, -0.1) is 0 Å². The highest BCUT2D eigenvalue weighted by atomic mass is 35.5.